The maximum absolute atomic E-state index is 12.0. The lowest BCUT2D eigenvalue weighted by molar-refractivity contribution is -0.128. The molecule has 12 heteroatoms. The van der Waals surface area contributed by atoms with Gasteiger partial charge in [-0.25, -0.2) is 0 Å². The average Bonchev–Trinajstić information content (AvgIpc) is 2.91. The predicted molar refractivity (Wildman–Crippen MR) is 151 cm³/mol. The van der Waals surface area contributed by atoms with Crippen molar-refractivity contribution < 1.29 is 29.4 Å². The quantitative estimate of drug-likeness (QED) is 0.127. The highest BCUT2D eigenvalue weighted by atomic mass is 16.3. The van der Waals surface area contributed by atoms with Gasteiger partial charge in [-0.15, -0.1) is 0 Å². The second kappa shape index (κ2) is 18.3. The van der Waals surface area contributed by atoms with Gasteiger partial charge in [-0.1, -0.05) is 51.4 Å². The SMILES string of the molecule is CC1=CN(CCC(=O)NCCCCCCCCCCCCNC(=O)CCN2C=C(C)C(=O)NC2O)C(O)NC1=O. The Labute approximate surface area is 237 Å². The summed E-state index contributed by atoms with van der Waals surface area (Å²) in [4.78, 5) is 50.0. The third-order valence-corrected chi connectivity index (χ3v) is 7.03. The van der Waals surface area contributed by atoms with Gasteiger partial charge in [-0.2, -0.15) is 0 Å². The zero-order valence-electron chi connectivity index (χ0n) is 24.0. The van der Waals surface area contributed by atoms with Crippen LogP contribution in [-0.2, 0) is 19.2 Å². The van der Waals surface area contributed by atoms with Crippen molar-refractivity contribution in [2.24, 2.45) is 0 Å². The lowest BCUT2D eigenvalue weighted by atomic mass is 10.1. The van der Waals surface area contributed by atoms with Crippen LogP contribution in [0.5, 0.6) is 0 Å². The van der Waals surface area contributed by atoms with E-state index in [0.717, 1.165) is 38.5 Å². The molecule has 2 rings (SSSR count). The summed E-state index contributed by atoms with van der Waals surface area (Å²) in [6.07, 6.45) is 12.7. The van der Waals surface area contributed by atoms with Crippen LogP contribution in [0.3, 0.4) is 0 Å². The monoisotopic (exact) mass is 564 g/mol. The van der Waals surface area contributed by atoms with Crippen molar-refractivity contribution in [1.82, 2.24) is 31.1 Å². The molecule has 0 aromatic rings. The molecule has 2 aliphatic rings. The number of aliphatic hydroxyl groups excluding tert-OH is 2. The van der Waals surface area contributed by atoms with Crippen LogP contribution in [0, 0.1) is 0 Å². The summed E-state index contributed by atoms with van der Waals surface area (Å²) in [5.74, 6) is -0.725. The smallest absolute Gasteiger partial charge is 0.251 e. The molecule has 0 aromatic heterocycles. The molecule has 6 N–H and O–H groups in total. The van der Waals surface area contributed by atoms with Gasteiger partial charge in [0.15, 0.2) is 0 Å². The summed E-state index contributed by atoms with van der Waals surface area (Å²) in [7, 11) is 0. The number of amides is 4. The minimum atomic E-state index is -1.09. The number of rotatable bonds is 19. The van der Waals surface area contributed by atoms with Crippen LogP contribution in [0.15, 0.2) is 23.5 Å². The molecule has 0 aliphatic carbocycles. The fourth-order valence-electron chi connectivity index (χ4n) is 4.52. The Balaban J connectivity index is 1.33. The number of aliphatic hydroxyl groups is 2. The number of hydrogen-bond donors (Lipinski definition) is 6. The number of unbranched alkanes of at least 4 members (excludes halogenated alkanes) is 9. The molecule has 0 saturated carbocycles. The first-order valence-corrected chi connectivity index (χ1v) is 14.6. The van der Waals surface area contributed by atoms with Crippen LogP contribution >= 0.6 is 0 Å². The molecule has 4 amide bonds. The van der Waals surface area contributed by atoms with Gasteiger partial charge in [0.2, 0.25) is 24.5 Å². The fraction of sp³-hybridized carbons (Fsp3) is 0.714. The molecule has 226 valence electrons. The van der Waals surface area contributed by atoms with Gasteiger partial charge < -0.3 is 41.3 Å². The number of nitrogens with zero attached hydrogens (tertiary/aromatic N) is 2. The van der Waals surface area contributed by atoms with Gasteiger partial charge in [0.1, 0.15) is 0 Å². The van der Waals surface area contributed by atoms with Gasteiger partial charge in [0.05, 0.1) is 0 Å². The van der Waals surface area contributed by atoms with Crippen molar-refractivity contribution in [3.05, 3.63) is 23.5 Å². The van der Waals surface area contributed by atoms with E-state index in [9.17, 15) is 29.4 Å². The molecule has 2 unspecified atom stereocenters. The molecule has 2 atom stereocenters. The summed E-state index contributed by atoms with van der Waals surface area (Å²) in [6.45, 7) is 5.30. The van der Waals surface area contributed by atoms with Crippen molar-refractivity contribution in [2.45, 2.75) is 104 Å². The van der Waals surface area contributed by atoms with E-state index in [-0.39, 0.29) is 36.5 Å². The summed E-state index contributed by atoms with van der Waals surface area (Å²) >= 11 is 0. The summed E-state index contributed by atoms with van der Waals surface area (Å²) in [5, 5.41) is 30.4. The van der Waals surface area contributed by atoms with E-state index in [4.69, 9.17) is 0 Å². The topological polar surface area (TPSA) is 163 Å². The molecule has 0 aromatic carbocycles. The third kappa shape index (κ3) is 12.8. The van der Waals surface area contributed by atoms with Gasteiger partial charge in [-0.3, -0.25) is 19.2 Å². The van der Waals surface area contributed by atoms with E-state index >= 15 is 0 Å². The van der Waals surface area contributed by atoms with Crippen molar-refractivity contribution in [3.8, 4) is 0 Å². The molecule has 40 heavy (non-hydrogen) atoms. The Kier molecular flexibility index (Phi) is 15.1. The Morgan fingerprint density at radius 1 is 0.675 bits per heavy atom. The van der Waals surface area contributed by atoms with Crippen molar-refractivity contribution in [2.75, 3.05) is 26.2 Å². The van der Waals surface area contributed by atoms with Crippen molar-refractivity contribution in [3.63, 3.8) is 0 Å². The lowest BCUT2D eigenvalue weighted by Crippen LogP contribution is -2.50. The number of hydrogen-bond acceptors (Lipinski definition) is 8. The highest BCUT2D eigenvalue weighted by Crippen LogP contribution is 2.11. The number of nitrogens with one attached hydrogen (secondary N) is 4. The third-order valence-electron chi connectivity index (χ3n) is 7.03. The summed E-state index contributed by atoms with van der Waals surface area (Å²) in [5.41, 5.74) is 1.00. The van der Waals surface area contributed by atoms with Crippen molar-refractivity contribution >= 4 is 23.6 Å². The van der Waals surface area contributed by atoms with Crippen LogP contribution < -0.4 is 21.3 Å². The highest BCUT2D eigenvalue weighted by Gasteiger charge is 2.23. The van der Waals surface area contributed by atoms with Crippen LogP contribution in [0.4, 0.5) is 0 Å². The van der Waals surface area contributed by atoms with E-state index in [1.807, 2.05) is 0 Å². The molecule has 0 radical (unpaired) electrons. The van der Waals surface area contributed by atoms with Gasteiger partial charge in [0, 0.05) is 62.6 Å². The zero-order chi connectivity index (χ0) is 29.3. The number of carbonyl (C=O) groups is 4. The summed E-state index contributed by atoms with van der Waals surface area (Å²) in [6, 6.07) is 0. The van der Waals surface area contributed by atoms with Crippen LogP contribution in [0.1, 0.15) is 90.9 Å². The molecule has 2 aliphatic heterocycles. The summed E-state index contributed by atoms with van der Waals surface area (Å²) < 4.78 is 0. The highest BCUT2D eigenvalue weighted by molar-refractivity contribution is 5.93. The maximum atomic E-state index is 12.0. The zero-order valence-corrected chi connectivity index (χ0v) is 24.0. The van der Waals surface area contributed by atoms with Gasteiger partial charge >= 0.3 is 0 Å². The first-order chi connectivity index (χ1) is 19.2. The standard InChI is InChI=1S/C28H48N6O6/c1-21-19-33(27(39)31-25(21)37)17-13-23(35)29-15-11-9-7-5-3-4-6-8-10-12-16-30-24(36)14-18-34-20-22(2)26(38)32-28(34)40/h19-20,27-28,39-40H,3-18H2,1-2H3,(H,29,35)(H,30,36)(H,31,37)(H,32,38). The molecule has 0 bridgehead atoms. The molecular weight excluding hydrogens is 516 g/mol. The Morgan fingerprint density at radius 2 is 1.00 bits per heavy atom. The van der Waals surface area contributed by atoms with E-state index in [1.165, 1.54) is 25.7 Å². The number of carbonyl (C=O) groups excluding carboxylic acids is 4. The second-order valence-corrected chi connectivity index (χ2v) is 10.5. The minimum Gasteiger partial charge on any atom is -0.356 e. The molecule has 12 nitrogen and oxygen atoms in total. The predicted octanol–water partition coefficient (Wildman–Crippen LogP) is 1.12. The van der Waals surface area contributed by atoms with E-state index in [2.05, 4.69) is 21.3 Å². The maximum Gasteiger partial charge on any atom is 0.251 e. The lowest BCUT2D eigenvalue weighted by Gasteiger charge is -2.31. The minimum absolute atomic E-state index is 0.0594. The van der Waals surface area contributed by atoms with Gasteiger partial charge in [0.25, 0.3) is 11.8 Å². The van der Waals surface area contributed by atoms with Crippen LogP contribution in [-0.4, -0.2) is 82.5 Å². The Bertz CT molecular complexity index is 836. The van der Waals surface area contributed by atoms with E-state index < -0.39 is 12.7 Å². The fourth-order valence-corrected chi connectivity index (χ4v) is 4.52. The molecule has 2 heterocycles. The van der Waals surface area contributed by atoms with Crippen LogP contribution in [0.25, 0.3) is 0 Å². The second-order valence-electron chi connectivity index (χ2n) is 10.5. The van der Waals surface area contributed by atoms with Gasteiger partial charge in [-0.05, 0) is 26.7 Å². The Hall–Kier alpha value is -3.12. The normalized spacial score (nSPS) is 19.0. The van der Waals surface area contributed by atoms with E-state index in [0.29, 0.717) is 37.3 Å². The van der Waals surface area contributed by atoms with Crippen molar-refractivity contribution in [1.29, 1.82) is 0 Å². The Morgan fingerprint density at radius 3 is 1.35 bits per heavy atom. The molecule has 0 saturated heterocycles. The first-order valence-electron chi connectivity index (χ1n) is 14.6. The largest absolute Gasteiger partial charge is 0.356 e. The first kappa shape index (κ1) is 33.1. The molecule has 0 fully saturated rings. The average molecular weight is 565 g/mol. The van der Waals surface area contributed by atoms with E-state index in [1.54, 1.807) is 36.0 Å². The molecular formula is C28H48N6O6. The molecule has 0 spiro atoms. The van der Waals surface area contributed by atoms with Crippen LogP contribution in [0.2, 0.25) is 0 Å².